The van der Waals surface area contributed by atoms with Crippen molar-refractivity contribution in [1.82, 2.24) is 25.1 Å². The van der Waals surface area contributed by atoms with Gasteiger partial charge in [-0.15, -0.1) is 0 Å². The molecule has 9 heteroatoms. The largest absolute Gasteiger partial charge is 0.481 e. The lowest BCUT2D eigenvalue weighted by Gasteiger charge is -2.08. The van der Waals surface area contributed by atoms with Crippen LogP contribution in [0.3, 0.4) is 0 Å². The highest BCUT2D eigenvalue weighted by Gasteiger charge is 2.20. The fraction of sp³-hybridized carbons (Fsp3) is 0.150. The van der Waals surface area contributed by atoms with Crippen LogP contribution in [0.25, 0.3) is 33.7 Å². The van der Waals surface area contributed by atoms with Gasteiger partial charge in [0.1, 0.15) is 5.69 Å². The van der Waals surface area contributed by atoms with Gasteiger partial charge in [0, 0.05) is 5.69 Å². The van der Waals surface area contributed by atoms with Crippen molar-refractivity contribution in [1.29, 1.82) is 0 Å². The highest BCUT2D eigenvalue weighted by atomic mass is 16.5. The minimum atomic E-state index is -0.577. The number of aromatic nitrogens is 5. The van der Waals surface area contributed by atoms with Crippen molar-refractivity contribution >= 4 is 22.8 Å². The summed E-state index contributed by atoms with van der Waals surface area (Å²) in [5, 5.41) is 9.86. The number of nitrogens with zero attached hydrogens (tertiary/aromatic N) is 4. The average molecular weight is 390 g/mol. The van der Waals surface area contributed by atoms with Crippen LogP contribution >= 0.6 is 0 Å². The molecule has 4 heterocycles. The highest BCUT2D eigenvalue weighted by molar-refractivity contribution is 5.89. The predicted octanol–water partition coefficient (Wildman–Crippen LogP) is 3.58. The molecule has 1 amide bonds. The van der Waals surface area contributed by atoms with E-state index in [-0.39, 0.29) is 0 Å². The van der Waals surface area contributed by atoms with Crippen LogP contribution in [0.4, 0.5) is 10.5 Å². The molecule has 0 aromatic carbocycles. The molecule has 4 rings (SSSR count). The molecule has 0 atom stereocenters. The van der Waals surface area contributed by atoms with Crippen molar-refractivity contribution in [2.24, 2.45) is 0 Å². The normalized spacial score (nSPS) is 10.7. The Hall–Kier alpha value is -4.01. The number of aromatic amines is 1. The van der Waals surface area contributed by atoms with E-state index in [4.69, 9.17) is 9.72 Å². The van der Waals surface area contributed by atoms with Gasteiger partial charge in [-0.2, -0.15) is 5.10 Å². The van der Waals surface area contributed by atoms with Gasteiger partial charge in [-0.1, -0.05) is 6.07 Å². The van der Waals surface area contributed by atoms with Gasteiger partial charge >= 0.3 is 6.09 Å². The van der Waals surface area contributed by atoms with Crippen molar-refractivity contribution in [3.63, 3.8) is 0 Å². The van der Waals surface area contributed by atoms with Gasteiger partial charge in [-0.3, -0.25) is 15.3 Å². The van der Waals surface area contributed by atoms with Gasteiger partial charge in [-0.25, -0.2) is 14.9 Å². The second-order valence-electron chi connectivity index (χ2n) is 6.22. The maximum Gasteiger partial charge on any atom is 0.411 e. The van der Waals surface area contributed by atoms with Gasteiger partial charge in [0.05, 0.1) is 54.1 Å². The zero-order chi connectivity index (χ0) is 20.4. The molecule has 0 unspecified atom stereocenters. The van der Waals surface area contributed by atoms with Crippen molar-refractivity contribution in [3.05, 3.63) is 48.3 Å². The van der Waals surface area contributed by atoms with Crippen LogP contribution in [0.15, 0.2) is 42.6 Å². The molecule has 146 valence electrons. The number of pyridine rings is 3. The predicted molar refractivity (Wildman–Crippen MR) is 108 cm³/mol. The Balaban J connectivity index is 1.83. The third-order valence-electron chi connectivity index (χ3n) is 4.29. The van der Waals surface area contributed by atoms with Gasteiger partial charge in [-0.05, 0) is 37.3 Å². The minimum Gasteiger partial charge on any atom is -0.481 e. The number of carbonyl (C=O) groups excluding carboxylic acids is 1. The summed E-state index contributed by atoms with van der Waals surface area (Å²) in [6.45, 7) is 1.92. The molecule has 29 heavy (non-hydrogen) atoms. The Morgan fingerprint density at radius 2 is 1.93 bits per heavy atom. The number of methoxy groups -OCH3 is 2. The number of ether oxygens (including phenoxy) is 2. The molecule has 0 fully saturated rings. The van der Waals surface area contributed by atoms with Crippen molar-refractivity contribution in [2.45, 2.75) is 6.92 Å². The number of hydrogen-bond acceptors (Lipinski definition) is 7. The summed E-state index contributed by atoms with van der Waals surface area (Å²) in [5.74, 6) is 0.479. The van der Waals surface area contributed by atoms with Crippen LogP contribution < -0.4 is 10.1 Å². The number of H-pyrrole nitrogens is 1. The lowest BCUT2D eigenvalue weighted by molar-refractivity contribution is 0.187. The maximum atomic E-state index is 11.5. The summed E-state index contributed by atoms with van der Waals surface area (Å²) in [6.07, 6.45) is 0.966. The summed E-state index contributed by atoms with van der Waals surface area (Å²) < 4.78 is 10.1. The summed E-state index contributed by atoms with van der Waals surface area (Å²) in [5.41, 5.74) is 5.31. The monoisotopic (exact) mass is 390 g/mol. The smallest absolute Gasteiger partial charge is 0.411 e. The number of carbonyl (C=O) groups is 1. The fourth-order valence-corrected chi connectivity index (χ4v) is 2.95. The number of hydrogen-bond donors (Lipinski definition) is 2. The van der Waals surface area contributed by atoms with E-state index in [1.54, 1.807) is 19.4 Å². The van der Waals surface area contributed by atoms with Crippen LogP contribution in [0.2, 0.25) is 0 Å². The summed E-state index contributed by atoms with van der Waals surface area (Å²) in [4.78, 5) is 25.1. The quantitative estimate of drug-likeness (QED) is 0.547. The van der Waals surface area contributed by atoms with E-state index in [2.05, 4.69) is 30.2 Å². The lowest BCUT2D eigenvalue weighted by atomic mass is 10.1. The van der Waals surface area contributed by atoms with E-state index in [0.717, 1.165) is 5.69 Å². The first kappa shape index (κ1) is 18.4. The van der Waals surface area contributed by atoms with E-state index in [1.807, 2.05) is 37.3 Å². The molecule has 2 N–H and O–H groups in total. The summed E-state index contributed by atoms with van der Waals surface area (Å²) >= 11 is 0. The number of fused-ring (bicyclic) bond motifs is 1. The molecule has 0 bridgehead atoms. The van der Waals surface area contributed by atoms with Crippen molar-refractivity contribution in [3.8, 4) is 28.5 Å². The van der Waals surface area contributed by atoms with Crippen LogP contribution in [0.5, 0.6) is 5.88 Å². The molecule has 0 spiro atoms. The van der Waals surface area contributed by atoms with Crippen molar-refractivity contribution < 1.29 is 14.3 Å². The van der Waals surface area contributed by atoms with E-state index in [1.165, 1.54) is 7.11 Å². The Labute approximate surface area is 166 Å². The fourth-order valence-electron chi connectivity index (χ4n) is 2.95. The molecule has 0 aliphatic heterocycles. The third-order valence-corrected chi connectivity index (χ3v) is 4.29. The molecule has 4 aromatic rings. The Kier molecular flexibility index (Phi) is 4.78. The standard InChI is InChI=1S/C20H18N6O3/c1-11-5-4-6-15(22-11)18-17(19(28-2)26-25-18)14-8-7-13-16(24-14)9-12(10-21-13)23-20(27)29-3/h4-10H,1-3H3,(H,23,27)(H,25,26). The molecule has 0 saturated heterocycles. The van der Waals surface area contributed by atoms with E-state index in [9.17, 15) is 4.79 Å². The van der Waals surface area contributed by atoms with E-state index < -0.39 is 6.09 Å². The second kappa shape index (κ2) is 7.55. The van der Waals surface area contributed by atoms with Crippen LogP contribution in [0, 0.1) is 6.92 Å². The number of aryl methyl sites for hydroxylation is 1. The Morgan fingerprint density at radius 3 is 2.69 bits per heavy atom. The van der Waals surface area contributed by atoms with Crippen LogP contribution in [-0.4, -0.2) is 45.5 Å². The number of rotatable bonds is 4. The SMILES string of the molecule is COC(=O)Nc1cnc2ccc(-c3c(-c4cccc(C)n4)n[nH]c3OC)nc2c1. The zero-order valence-electron chi connectivity index (χ0n) is 16.1. The van der Waals surface area contributed by atoms with Gasteiger partial charge in [0.25, 0.3) is 0 Å². The van der Waals surface area contributed by atoms with Crippen LogP contribution in [-0.2, 0) is 4.74 Å². The number of anilines is 1. The molecule has 0 aliphatic rings. The van der Waals surface area contributed by atoms with Gasteiger partial charge in [0.15, 0.2) is 0 Å². The Bertz CT molecular complexity index is 1200. The first-order valence-corrected chi connectivity index (χ1v) is 8.77. The molecular formula is C20H18N6O3. The maximum absolute atomic E-state index is 11.5. The second-order valence-corrected chi connectivity index (χ2v) is 6.22. The molecule has 0 aliphatic carbocycles. The van der Waals surface area contributed by atoms with E-state index >= 15 is 0 Å². The van der Waals surface area contributed by atoms with Gasteiger partial charge in [0.2, 0.25) is 5.88 Å². The summed E-state index contributed by atoms with van der Waals surface area (Å²) in [7, 11) is 2.86. The number of amides is 1. The molecule has 0 radical (unpaired) electrons. The first-order chi connectivity index (χ1) is 14.1. The molecule has 9 nitrogen and oxygen atoms in total. The Morgan fingerprint density at radius 1 is 1.07 bits per heavy atom. The zero-order valence-corrected chi connectivity index (χ0v) is 16.1. The summed E-state index contributed by atoms with van der Waals surface area (Å²) in [6, 6.07) is 11.1. The molecule has 4 aromatic heterocycles. The highest BCUT2D eigenvalue weighted by Crippen LogP contribution is 2.36. The van der Waals surface area contributed by atoms with Crippen LogP contribution in [0.1, 0.15) is 5.69 Å². The third kappa shape index (κ3) is 3.57. The molecular weight excluding hydrogens is 372 g/mol. The number of nitrogens with one attached hydrogen (secondary N) is 2. The van der Waals surface area contributed by atoms with Crippen molar-refractivity contribution in [2.75, 3.05) is 19.5 Å². The topological polar surface area (TPSA) is 115 Å². The molecule has 0 saturated carbocycles. The van der Waals surface area contributed by atoms with Gasteiger partial charge < -0.3 is 9.47 Å². The lowest BCUT2D eigenvalue weighted by Crippen LogP contribution is -2.11. The average Bonchev–Trinajstić information content (AvgIpc) is 3.17. The first-order valence-electron chi connectivity index (χ1n) is 8.77. The van der Waals surface area contributed by atoms with E-state index in [0.29, 0.717) is 45.2 Å². The minimum absolute atomic E-state index is 0.479.